The summed E-state index contributed by atoms with van der Waals surface area (Å²) in [6, 6.07) is 17.0. The van der Waals surface area contributed by atoms with Crippen LogP contribution in [0.4, 0.5) is 4.39 Å². The number of hydrogen-bond donors (Lipinski definition) is 1. The lowest BCUT2D eigenvalue weighted by Crippen LogP contribution is -2.11. The maximum absolute atomic E-state index is 13.4. The third kappa shape index (κ3) is 4.37. The highest BCUT2D eigenvalue weighted by Crippen LogP contribution is 2.33. The van der Waals surface area contributed by atoms with Crippen LogP contribution >= 0.6 is 0 Å². The van der Waals surface area contributed by atoms with Gasteiger partial charge < -0.3 is 9.15 Å². The van der Waals surface area contributed by atoms with Crippen molar-refractivity contribution in [2.75, 3.05) is 0 Å². The normalized spacial score (nSPS) is 11.4. The Morgan fingerprint density at radius 3 is 2.30 bits per heavy atom. The van der Waals surface area contributed by atoms with E-state index in [1.54, 1.807) is 48.7 Å². The van der Waals surface area contributed by atoms with Gasteiger partial charge in [0.2, 0.25) is 21.8 Å². The summed E-state index contributed by atoms with van der Waals surface area (Å²) in [6.45, 7) is 0.0282. The molecule has 2 N–H and O–H groups in total. The van der Waals surface area contributed by atoms with E-state index in [1.165, 1.54) is 24.3 Å². The van der Waals surface area contributed by atoms with Crippen molar-refractivity contribution in [2.45, 2.75) is 11.5 Å². The Morgan fingerprint density at radius 2 is 1.67 bits per heavy atom. The van der Waals surface area contributed by atoms with Gasteiger partial charge in [0.1, 0.15) is 11.5 Å². The van der Waals surface area contributed by atoms with Gasteiger partial charge in [-0.15, -0.1) is 0 Å². The number of primary sulfonamides is 1. The fourth-order valence-corrected chi connectivity index (χ4v) is 3.30. The van der Waals surface area contributed by atoms with Gasteiger partial charge in [-0.05, 0) is 54.6 Å². The third-order valence-electron chi connectivity index (χ3n) is 4.22. The molecular formula is C21H16FN3O4S. The molecule has 4 rings (SSSR count). The van der Waals surface area contributed by atoms with Gasteiger partial charge >= 0.3 is 0 Å². The number of nitrogens with zero attached hydrogens (tertiary/aromatic N) is 2. The molecule has 0 unspecified atom stereocenters. The molecule has 4 aromatic rings. The molecule has 0 bridgehead atoms. The molecule has 0 saturated carbocycles. The Labute approximate surface area is 172 Å². The third-order valence-corrected chi connectivity index (χ3v) is 5.14. The highest BCUT2D eigenvalue weighted by Gasteiger charge is 2.18. The van der Waals surface area contributed by atoms with E-state index in [4.69, 9.17) is 14.3 Å². The van der Waals surface area contributed by atoms with E-state index in [2.05, 4.69) is 9.97 Å². The predicted octanol–water partition coefficient (Wildman–Crippen LogP) is 3.77. The number of pyridine rings is 1. The van der Waals surface area contributed by atoms with E-state index < -0.39 is 10.0 Å². The maximum Gasteiger partial charge on any atom is 0.238 e. The van der Waals surface area contributed by atoms with Crippen molar-refractivity contribution in [1.82, 2.24) is 9.97 Å². The minimum atomic E-state index is -3.82. The van der Waals surface area contributed by atoms with E-state index in [0.29, 0.717) is 28.5 Å². The van der Waals surface area contributed by atoms with E-state index in [-0.39, 0.29) is 23.2 Å². The molecule has 0 aliphatic heterocycles. The lowest BCUT2D eigenvalue weighted by atomic mass is 10.1. The zero-order chi connectivity index (χ0) is 21.1. The first-order valence-corrected chi connectivity index (χ1v) is 10.4. The zero-order valence-electron chi connectivity index (χ0n) is 15.5. The first-order chi connectivity index (χ1) is 14.4. The van der Waals surface area contributed by atoms with Crippen molar-refractivity contribution >= 4 is 10.0 Å². The van der Waals surface area contributed by atoms with Gasteiger partial charge in [-0.3, -0.25) is 0 Å². The van der Waals surface area contributed by atoms with Crippen LogP contribution in [-0.2, 0) is 16.6 Å². The summed E-state index contributed by atoms with van der Waals surface area (Å²) < 4.78 is 47.9. The highest BCUT2D eigenvalue weighted by atomic mass is 32.2. The number of hydrogen-bond acceptors (Lipinski definition) is 6. The van der Waals surface area contributed by atoms with Crippen LogP contribution in [0.2, 0.25) is 0 Å². The Hall–Kier alpha value is -3.56. The second-order valence-corrected chi connectivity index (χ2v) is 7.88. The summed E-state index contributed by atoms with van der Waals surface area (Å²) in [5.41, 5.74) is 1.69. The SMILES string of the molecule is NS(=O)(=O)c1ccc(-c2oc(COc3ccccn3)nc2-c2ccc(F)cc2)cc1. The molecule has 2 aromatic carbocycles. The standard InChI is InChI=1S/C21H16FN3O4S/c22-16-8-4-14(5-9-16)20-21(15-6-10-17(11-7-15)30(23,26)27)29-19(25-20)13-28-18-3-1-2-12-24-18/h1-12H,13H2,(H2,23,26,27). The van der Waals surface area contributed by atoms with Gasteiger partial charge in [0, 0.05) is 23.4 Å². The van der Waals surface area contributed by atoms with E-state index >= 15 is 0 Å². The van der Waals surface area contributed by atoms with Crippen LogP contribution in [0.15, 0.2) is 82.2 Å². The molecule has 0 saturated heterocycles. The van der Waals surface area contributed by atoms with Crippen molar-refractivity contribution < 1.29 is 22.0 Å². The molecule has 0 amide bonds. The number of halogens is 1. The Balaban J connectivity index is 1.71. The van der Waals surface area contributed by atoms with Crippen LogP contribution < -0.4 is 9.88 Å². The van der Waals surface area contributed by atoms with Gasteiger partial charge in [0.15, 0.2) is 12.4 Å². The summed E-state index contributed by atoms with van der Waals surface area (Å²) in [7, 11) is -3.82. The summed E-state index contributed by atoms with van der Waals surface area (Å²) in [5.74, 6) is 0.714. The van der Waals surface area contributed by atoms with Crippen molar-refractivity contribution in [2.24, 2.45) is 5.14 Å². The number of benzene rings is 2. The number of ether oxygens (including phenoxy) is 1. The zero-order valence-corrected chi connectivity index (χ0v) is 16.3. The van der Waals surface area contributed by atoms with Crippen LogP contribution in [0.1, 0.15) is 5.89 Å². The maximum atomic E-state index is 13.4. The van der Waals surface area contributed by atoms with Crippen molar-refractivity contribution in [3.8, 4) is 28.5 Å². The second kappa shape index (κ2) is 8.05. The molecule has 0 atom stereocenters. The fraction of sp³-hybridized carbons (Fsp3) is 0.0476. The number of nitrogens with two attached hydrogens (primary N) is 1. The van der Waals surface area contributed by atoms with Gasteiger partial charge in [-0.25, -0.2) is 27.9 Å². The lowest BCUT2D eigenvalue weighted by Gasteiger charge is -2.03. The molecule has 0 spiro atoms. The van der Waals surface area contributed by atoms with Crippen molar-refractivity contribution in [1.29, 1.82) is 0 Å². The summed E-state index contributed by atoms with van der Waals surface area (Å²) in [5, 5.41) is 5.16. The first-order valence-electron chi connectivity index (χ1n) is 8.83. The Kier molecular flexibility index (Phi) is 5.30. The molecule has 30 heavy (non-hydrogen) atoms. The highest BCUT2D eigenvalue weighted by molar-refractivity contribution is 7.89. The molecular weight excluding hydrogens is 409 g/mol. The van der Waals surface area contributed by atoms with Crippen LogP contribution in [0.25, 0.3) is 22.6 Å². The van der Waals surface area contributed by atoms with E-state index in [1.807, 2.05) is 0 Å². The molecule has 2 aromatic heterocycles. The number of aromatic nitrogens is 2. The van der Waals surface area contributed by atoms with Crippen LogP contribution in [0.5, 0.6) is 5.88 Å². The quantitative estimate of drug-likeness (QED) is 0.504. The topological polar surface area (TPSA) is 108 Å². The van der Waals surface area contributed by atoms with Crippen LogP contribution in [0.3, 0.4) is 0 Å². The predicted molar refractivity (Wildman–Crippen MR) is 107 cm³/mol. The summed E-state index contributed by atoms with van der Waals surface area (Å²) in [6.07, 6.45) is 1.60. The van der Waals surface area contributed by atoms with Gasteiger partial charge in [0.25, 0.3) is 0 Å². The number of rotatable bonds is 6. The van der Waals surface area contributed by atoms with Gasteiger partial charge in [-0.2, -0.15) is 0 Å². The number of oxazole rings is 1. The molecule has 7 nitrogen and oxygen atoms in total. The molecule has 0 aliphatic rings. The largest absolute Gasteiger partial charge is 0.468 e. The van der Waals surface area contributed by atoms with Crippen LogP contribution in [-0.4, -0.2) is 18.4 Å². The minimum absolute atomic E-state index is 0.0205. The molecule has 9 heteroatoms. The minimum Gasteiger partial charge on any atom is -0.468 e. The number of sulfonamides is 1. The molecule has 0 aliphatic carbocycles. The lowest BCUT2D eigenvalue weighted by molar-refractivity contribution is 0.255. The molecule has 2 heterocycles. The van der Waals surface area contributed by atoms with Gasteiger partial charge in [0.05, 0.1) is 4.90 Å². The Bertz CT molecular complexity index is 1260. The van der Waals surface area contributed by atoms with E-state index in [9.17, 15) is 12.8 Å². The molecule has 0 radical (unpaired) electrons. The fourth-order valence-electron chi connectivity index (χ4n) is 2.79. The van der Waals surface area contributed by atoms with Crippen LogP contribution in [0, 0.1) is 5.82 Å². The van der Waals surface area contributed by atoms with Crippen molar-refractivity contribution in [3.05, 3.63) is 84.6 Å². The Morgan fingerprint density at radius 1 is 0.967 bits per heavy atom. The average molecular weight is 425 g/mol. The van der Waals surface area contributed by atoms with E-state index in [0.717, 1.165) is 0 Å². The summed E-state index contributed by atoms with van der Waals surface area (Å²) in [4.78, 5) is 8.55. The second-order valence-electron chi connectivity index (χ2n) is 6.32. The average Bonchev–Trinajstić information content (AvgIpc) is 3.17. The van der Waals surface area contributed by atoms with Crippen molar-refractivity contribution in [3.63, 3.8) is 0 Å². The molecule has 0 fully saturated rings. The van der Waals surface area contributed by atoms with Gasteiger partial charge in [-0.1, -0.05) is 6.07 Å². The summed E-state index contributed by atoms with van der Waals surface area (Å²) >= 11 is 0. The monoisotopic (exact) mass is 425 g/mol. The first kappa shape index (κ1) is 19.7. The molecule has 152 valence electrons. The smallest absolute Gasteiger partial charge is 0.238 e.